The van der Waals surface area contributed by atoms with E-state index in [0.717, 1.165) is 39.7 Å². The van der Waals surface area contributed by atoms with Crippen LogP contribution in [0, 0.1) is 18.6 Å². The van der Waals surface area contributed by atoms with Crippen molar-refractivity contribution >= 4 is 38.2 Å². The lowest BCUT2D eigenvalue weighted by atomic mass is 9.96. The van der Waals surface area contributed by atoms with Crippen LogP contribution in [0.25, 0.3) is 54.8 Å². The number of aliphatic hydroxyl groups is 1. The number of ether oxygens (including phenoxy) is 1. The maximum Gasteiger partial charge on any atom is 0.243 e. The van der Waals surface area contributed by atoms with Gasteiger partial charge in [-0.2, -0.15) is 10.2 Å². The van der Waals surface area contributed by atoms with Gasteiger partial charge < -0.3 is 15.2 Å². The van der Waals surface area contributed by atoms with Gasteiger partial charge in [-0.05, 0) is 49.6 Å². The van der Waals surface area contributed by atoms with Gasteiger partial charge in [0.25, 0.3) is 0 Å². The minimum atomic E-state index is -0.849. The number of benzene rings is 2. The molecule has 1 unspecified atom stereocenters. The highest BCUT2D eigenvalue weighted by Crippen LogP contribution is 2.47. The molecule has 0 bridgehead atoms. The van der Waals surface area contributed by atoms with E-state index in [2.05, 4.69) is 27.2 Å². The number of fused-ring (bicyclic) bond motifs is 2. The zero-order valence-corrected chi connectivity index (χ0v) is 24.9. The smallest absolute Gasteiger partial charge is 0.243 e. The second kappa shape index (κ2) is 11.6. The van der Waals surface area contributed by atoms with E-state index < -0.39 is 17.7 Å². The molecular weight excluding hydrogens is 586 g/mol. The molecule has 2 aromatic carbocycles. The number of nitrogens with one attached hydrogen (secondary N) is 2. The molecule has 0 spiro atoms. The van der Waals surface area contributed by atoms with Crippen molar-refractivity contribution in [2.24, 2.45) is 7.05 Å². The molecule has 0 saturated heterocycles. The summed E-state index contributed by atoms with van der Waals surface area (Å²) in [5, 5.41) is 27.8. The van der Waals surface area contributed by atoms with Crippen molar-refractivity contribution in [3.05, 3.63) is 83.5 Å². The Labute approximate surface area is 254 Å². The van der Waals surface area contributed by atoms with Gasteiger partial charge in [0, 0.05) is 45.8 Å². The molecule has 1 atom stereocenters. The number of aromatic nitrogens is 5. The number of hydrogen-bond acceptors (Lipinski definition) is 7. The molecule has 6 aromatic rings. The lowest BCUT2D eigenvalue weighted by Crippen LogP contribution is -2.24. The molecule has 1 amide bonds. The summed E-state index contributed by atoms with van der Waals surface area (Å²) >= 11 is 1.38. The standard InChI is InChI=1S/C32H28F2N6O3S/c1-5-27(42)35-17(3)23-15-24(38-37-23)31-29(28-22(34)13-19(33)14-26(28)43-10-9-41)32-20(8-11-44-32)30(36-31)18-6-7-25-21(12-18)16(2)39-40(25)4/h5-8,11-15,17,41H,1,9-10H2,2-4H3,(H,35,42)(H,37,38). The summed E-state index contributed by atoms with van der Waals surface area (Å²) in [6, 6.07) is 11.0. The number of carbonyl (C=O) groups excluding carboxylic acids is 1. The molecule has 44 heavy (non-hydrogen) atoms. The molecule has 0 radical (unpaired) electrons. The summed E-state index contributed by atoms with van der Waals surface area (Å²) in [5.41, 5.74) is 4.95. The summed E-state index contributed by atoms with van der Waals surface area (Å²) < 4.78 is 38.4. The highest BCUT2D eigenvalue weighted by molar-refractivity contribution is 7.18. The van der Waals surface area contributed by atoms with Crippen LogP contribution in [0.3, 0.4) is 0 Å². The van der Waals surface area contributed by atoms with Crippen molar-refractivity contribution in [3.8, 4) is 39.5 Å². The monoisotopic (exact) mass is 614 g/mol. The highest BCUT2D eigenvalue weighted by atomic mass is 32.1. The number of hydrogen-bond donors (Lipinski definition) is 3. The lowest BCUT2D eigenvalue weighted by Gasteiger charge is -2.17. The van der Waals surface area contributed by atoms with Crippen LogP contribution in [0.1, 0.15) is 24.4 Å². The van der Waals surface area contributed by atoms with Gasteiger partial charge in [0.1, 0.15) is 35.4 Å². The van der Waals surface area contributed by atoms with Crippen LogP contribution in [0.2, 0.25) is 0 Å². The number of pyridine rings is 1. The van der Waals surface area contributed by atoms with Gasteiger partial charge in [0.15, 0.2) is 0 Å². The second-order valence-corrected chi connectivity index (χ2v) is 11.2. The lowest BCUT2D eigenvalue weighted by molar-refractivity contribution is -0.117. The van der Waals surface area contributed by atoms with Crippen LogP contribution in [-0.2, 0) is 11.8 Å². The molecular formula is C32H28F2N6O3S. The third kappa shape index (κ3) is 5.12. The fraction of sp³-hybridized carbons (Fsp3) is 0.188. The Hall–Kier alpha value is -4.94. The van der Waals surface area contributed by atoms with E-state index >= 15 is 4.39 Å². The molecule has 224 valence electrons. The van der Waals surface area contributed by atoms with E-state index in [1.807, 2.05) is 48.3 Å². The van der Waals surface area contributed by atoms with Crippen molar-refractivity contribution < 1.29 is 23.4 Å². The second-order valence-electron chi connectivity index (χ2n) is 10.3. The van der Waals surface area contributed by atoms with Crippen molar-refractivity contribution in [1.29, 1.82) is 0 Å². The molecule has 9 nitrogen and oxygen atoms in total. The highest BCUT2D eigenvalue weighted by Gasteiger charge is 2.27. The number of carbonyl (C=O) groups is 1. The first-order valence-corrected chi connectivity index (χ1v) is 14.6. The summed E-state index contributed by atoms with van der Waals surface area (Å²) in [6.45, 7) is 6.71. The van der Waals surface area contributed by atoms with Crippen LogP contribution in [-0.4, -0.2) is 49.2 Å². The zero-order valence-electron chi connectivity index (χ0n) is 24.1. The minimum Gasteiger partial charge on any atom is -0.490 e. The normalized spacial score (nSPS) is 12.1. The fourth-order valence-corrected chi connectivity index (χ4v) is 6.29. The van der Waals surface area contributed by atoms with Crippen molar-refractivity contribution in [2.75, 3.05) is 13.2 Å². The molecule has 0 fully saturated rings. The number of aryl methyl sites for hydroxylation is 2. The average Bonchev–Trinajstić information content (AvgIpc) is 3.75. The molecule has 0 aliphatic heterocycles. The van der Waals surface area contributed by atoms with Gasteiger partial charge >= 0.3 is 0 Å². The number of aromatic amines is 1. The van der Waals surface area contributed by atoms with Gasteiger partial charge in [-0.1, -0.05) is 12.6 Å². The van der Waals surface area contributed by atoms with Gasteiger partial charge in [-0.15, -0.1) is 11.3 Å². The number of halogens is 2. The number of aliphatic hydroxyl groups excluding tert-OH is 1. The third-order valence-corrected chi connectivity index (χ3v) is 8.32. The molecule has 0 aliphatic rings. The van der Waals surface area contributed by atoms with Crippen molar-refractivity contribution in [2.45, 2.75) is 19.9 Å². The maximum atomic E-state index is 15.8. The van der Waals surface area contributed by atoms with E-state index in [-0.39, 0.29) is 30.4 Å². The topological polar surface area (TPSA) is 118 Å². The zero-order chi connectivity index (χ0) is 31.1. The summed E-state index contributed by atoms with van der Waals surface area (Å²) in [7, 11) is 1.89. The Morgan fingerprint density at radius 3 is 2.77 bits per heavy atom. The molecule has 0 saturated carbocycles. The third-order valence-electron chi connectivity index (χ3n) is 7.38. The maximum absolute atomic E-state index is 15.8. The molecule has 12 heteroatoms. The Morgan fingerprint density at radius 2 is 2.00 bits per heavy atom. The van der Waals surface area contributed by atoms with E-state index in [0.29, 0.717) is 33.0 Å². The van der Waals surface area contributed by atoms with Gasteiger partial charge in [0.2, 0.25) is 5.91 Å². The van der Waals surface area contributed by atoms with Gasteiger partial charge in [-0.25, -0.2) is 13.8 Å². The van der Waals surface area contributed by atoms with Crippen LogP contribution < -0.4 is 10.1 Å². The molecule has 4 heterocycles. The Balaban J connectivity index is 1.64. The van der Waals surface area contributed by atoms with Crippen LogP contribution in [0.4, 0.5) is 8.78 Å². The van der Waals surface area contributed by atoms with Crippen molar-refractivity contribution in [1.82, 2.24) is 30.3 Å². The Kier molecular flexibility index (Phi) is 7.70. The van der Waals surface area contributed by atoms with Crippen molar-refractivity contribution in [3.63, 3.8) is 0 Å². The predicted molar refractivity (Wildman–Crippen MR) is 166 cm³/mol. The summed E-state index contributed by atoms with van der Waals surface area (Å²) in [5.74, 6) is -2.09. The minimum absolute atomic E-state index is 0.00235. The van der Waals surface area contributed by atoms with Gasteiger partial charge in [-0.3, -0.25) is 14.6 Å². The van der Waals surface area contributed by atoms with E-state index in [4.69, 9.17) is 9.72 Å². The first-order chi connectivity index (χ1) is 21.2. The molecule has 3 N–H and O–H groups in total. The number of rotatable bonds is 9. The molecule has 0 aliphatic carbocycles. The molecule has 4 aromatic heterocycles. The fourth-order valence-electron chi connectivity index (χ4n) is 5.34. The van der Waals surface area contributed by atoms with Crippen LogP contribution in [0.5, 0.6) is 5.75 Å². The number of nitrogens with zero attached hydrogens (tertiary/aromatic N) is 4. The number of thiophene rings is 1. The largest absolute Gasteiger partial charge is 0.490 e. The first kappa shape index (κ1) is 29.1. The van der Waals surface area contributed by atoms with Crippen LogP contribution in [0.15, 0.2) is 60.5 Å². The Morgan fingerprint density at radius 1 is 1.18 bits per heavy atom. The Bertz CT molecular complexity index is 2060. The summed E-state index contributed by atoms with van der Waals surface area (Å²) in [4.78, 5) is 17.0. The summed E-state index contributed by atoms with van der Waals surface area (Å²) in [6.07, 6.45) is 1.18. The van der Waals surface area contributed by atoms with Gasteiger partial charge in [0.05, 0.1) is 40.8 Å². The van der Waals surface area contributed by atoms with Crippen LogP contribution >= 0.6 is 11.3 Å². The first-order valence-electron chi connectivity index (χ1n) is 13.8. The van der Waals surface area contributed by atoms with E-state index in [9.17, 15) is 14.3 Å². The quantitative estimate of drug-likeness (QED) is 0.166. The van der Waals surface area contributed by atoms with E-state index in [1.54, 1.807) is 13.0 Å². The SMILES string of the molecule is C=CC(=O)NC(C)c1cc(-c2nc(-c3ccc4c(c3)c(C)nn4C)c3ccsc3c2-c2c(F)cc(F)cc2OCCO)n[nH]1. The van der Waals surface area contributed by atoms with E-state index in [1.165, 1.54) is 17.4 Å². The number of H-pyrrole nitrogens is 1. The average molecular weight is 615 g/mol. The number of amides is 1. The molecule has 6 rings (SSSR count). The predicted octanol–water partition coefficient (Wildman–Crippen LogP) is 6.23.